The van der Waals surface area contributed by atoms with Crippen LogP contribution in [0.4, 0.5) is 5.69 Å². The summed E-state index contributed by atoms with van der Waals surface area (Å²) in [5.74, 6) is 1.26. The topological polar surface area (TPSA) is 222 Å². The Bertz CT molecular complexity index is 2260. The van der Waals surface area contributed by atoms with Gasteiger partial charge in [0.15, 0.2) is 6.23 Å². The fraction of sp³-hybridized carbons (Fsp3) is 0.300. The van der Waals surface area contributed by atoms with Crippen LogP contribution in [0.1, 0.15) is 47.1 Å². The molecule has 17 heteroatoms. The number of nitrogens with zero attached hydrogens (tertiary/aromatic N) is 5. The van der Waals surface area contributed by atoms with Crippen molar-refractivity contribution in [1.29, 1.82) is 0 Å². The number of aromatic nitrogens is 2. The van der Waals surface area contributed by atoms with Gasteiger partial charge in [0.2, 0.25) is 0 Å². The molecule has 1 aliphatic heterocycles. The maximum atomic E-state index is 13.1. The largest absolute Gasteiger partial charge is 0.497 e. The third-order valence-electron chi connectivity index (χ3n) is 9.70. The third-order valence-corrected chi connectivity index (χ3v) is 9.70. The summed E-state index contributed by atoms with van der Waals surface area (Å²) < 4.78 is 37.2. The number of hydrogen-bond donors (Lipinski definition) is 2. The number of aromatic amines is 1. The first-order valence-corrected chi connectivity index (χ1v) is 17.7. The molecule has 0 aliphatic carbocycles. The molecule has 57 heavy (non-hydrogen) atoms. The van der Waals surface area contributed by atoms with Crippen molar-refractivity contribution in [2.45, 2.75) is 49.7 Å². The monoisotopic (exact) mass is 780 g/mol. The number of hydrogen-bond acceptors (Lipinski definition) is 12. The number of azide groups is 1. The van der Waals surface area contributed by atoms with Crippen LogP contribution in [-0.2, 0) is 31.1 Å². The minimum atomic E-state index is -1.42. The van der Waals surface area contributed by atoms with Gasteiger partial charge in [0.25, 0.3) is 11.2 Å². The molecule has 17 nitrogen and oxygen atoms in total. The minimum absolute atomic E-state index is 0.0299. The highest BCUT2D eigenvalue weighted by Crippen LogP contribution is 2.43. The van der Waals surface area contributed by atoms with E-state index in [-0.39, 0.29) is 24.4 Å². The molecular weight excluding hydrogens is 740 g/mol. The number of aliphatic hydroxyl groups is 1. The Hall–Kier alpha value is -6.33. The standard InChI is InChI=1S/C40H40N6O11/c1-25(32-21-26(22-42-44-41)9-18-33(32)46(50)51)54-24-55-37-36(48)34(57-38(37)45-20-19-35(47)43-39(45)49)23-56-40(27-7-5-4-6-8-27,28-10-14-30(52-2)15-11-28)29-12-16-31(53-3)17-13-29/h4-21,25,34,36-38,48H,22-24H2,1-3H3,(H,43,47,49)/t25?,34-,36-,37-,38-/m1/s1. The SMILES string of the molecule is COc1ccc(C(OC[C@H]2O[C@@H](n3ccc(=O)[nH]c3=O)[C@H](OCOC(C)c3cc(CN=[N+]=[N-])ccc3[N+](=O)[O-])[C@@H]2O)(c2ccccc2)c2ccc(OC)cc2)cc1. The first-order chi connectivity index (χ1) is 27.6. The van der Waals surface area contributed by atoms with Crippen LogP contribution in [0.25, 0.3) is 10.4 Å². The van der Waals surface area contributed by atoms with Gasteiger partial charge >= 0.3 is 5.69 Å². The van der Waals surface area contributed by atoms with Crippen molar-refractivity contribution >= 4 is 5.69 Å². The molecular formula is C40H40N6O11. The van der Waals surface area contributed by atoms with Gasteiger partial charge in [-0.15, -0.1) is 0 Å². The lowest BCUT2D eigenvalue weighted by atomic mass is 9.80. The summed E-state index contributed by atoms with van der Waals surface area (Å²) in [4.78, 5) is 41.3. The molecule has 5 atom stereocenters. The molecule has 1 saturated heterocycles. The van der Waals surface area contributed by atoms with Gasteiger partial charge in [-0.25, -0.2) is 4.79 Å². The fourth-order valence-electron chi connectivity index (χ4n) is 6.79. The van der Waals surface area contributed by atoms with Crippen LogP contribution < -0.4 is 20.7 Å². The molecule has 0 spiro atoms. The predicted molar refractivity (Wildman–Crippen MR) is 205 cm³/mol. The van der Waals surface area contributed by atoms with Gasteiger partial charge < -0.3 is 33.5 Å². The molecule has 1 unspecified atom stereocenters. The lowest BCUT2D eigenvalue weighted by Crippen LogP contribution is -2.41. The van der Waals surface area contributed by atoms with Crippen LogP contribution >= 0.6 is 0 Å². The van der Waals surface area contributed by atoms with Crippen molar-refractivity contribution in [3.63, 3.8) is 0 Å². The number of H-pyrrole nitrogens is 1. The Balaban J connectivity index is 1.32. The second-order valence-electron chi connectivity index (χ2n) is 13.0. The summed E-state index contributed by atoms with van der Waals surface area (Å²) in [6.07, 6.45) is -4.72. The first kappa shape index (κ1) is 40.3. The molecule has 5 aromatic rings. The van der Waals surface area contributed by atoms with Crippen LogP contribution in [0.15, 0.2) is 124 Å². The Kier molecular flexibility index (Phi) is 12.8. The van der Waals surface area contributed by atoms with Crippen molar-refractivity contribution in [3.8, 4) is 11.5 Å². The Morgan fingerprint density at radius 3 is 2.18 bits per heavy atom. The van der Waals surface area contributed by atoms with Gasteiger partial charge in [-0.3, -0.25) is 24.5 Å². The lowest BCUT2D eigenvalue weighted by molar-refractivity contribution is -0.386. The molecule has 0 bridgehead atoms. The van der Waals surface area contributed by atoms with E-state index in [0.29, 0.717) is 17.1 Å². The van der Waals surface area contributed by atoms with Gasteiger partial charge in [-0.05, 0) is 65.0 Å². The second-order valence-corrected chi connectivity index (χ2v) is 13.0. The van der Waals surface area contributed by atoms with Crippen molar-refractivity contribution in [1.82, 2.24) is 9.55 Å². The predicted octanol–water partition coefficient (Wildman–Crippen LogP) is 5.66. The molecule has 1 aromatic heterocycles. The average molecular weight is 781 g/mol. The highest BCUT2D eigenvalue weighted by molar-refractivity contribution is 5.50. The summed E-state index contributed by atoms with van der Waals surface area (Å²) in [6, 6.07) is 29.7. The highest BCUT2D eigenvalue weighted by atomic mass is 16.7. The van der Waals surface area contributed by atoms with E-state index < -0.39 is 59.2 Å². The van der Waals surface area contributed by atoms with Crippen molar-refractivity contribution in [3.05, 3.63) is 179 Å². The number of aliphatic hydroxyl groups excluding tert-OH is 1. The van der Waals surface area contributed by atoms with E-state index in [1.807, 2.05) is 78.9 Å². The molecule has 4 aromatic carbocycles. The number of nitro groups is 1. The first-order valence-electron chi connectivity index (χ1n) is 17.7. The highest BCUT2D eigenvalue weighted by Gasteiger charge is 2.48. The number of nitro benzene ring substituents is 1. The number of ether oxygens (including phenoxy) is 6. The average Bonchev–Trinajstić information content (AvgIpc) is 3.54. The van der Waals surface area contributed by atoms with E-state index in [0.717, 1.165) is 27.3 Å². The molecule has 0 amide bonds. The van der Waals surface area contributed by atoms with Crippen molar-refractivity contribution in [2.24, 2.45) is 5.11 Å². The van der Waals surface area contributed by atoms with Gasteiger partial charge in [-0.2, -0.15) is 0 Å². The van der Waals surface area contributed by atoms with Crippen molar-refractivity contribution in [2.75, 3.05) is 27.6 Å². The van der Waals surface area contributed by atoms with E-state index in [1.165, 1.54) is 24.4 Å². The Morgan fingerprint density at radius 1 is 0.965 bits per heavy atom. The maximum Gasteiger partial charge on any atom is 0.330 e. The smallest absolute Gasteiger partial charge is 0.330 e. The quantitative estimate of drug-likeness (QED) is 0.0223. The van der Waals surface area contributed by atoms with Crippen LogP contribution in [0, 0.1) is 10.1 Å². The minimum Gasteiger partial charge on any atom is -0.497 e. The Labute approximate surface area is 325 Å². The molecule has 0 saturated carbocycles. The number of nitrogens with one attached hydrogen (secondary N) is 1. The summed E-state index contributed by atoms with van der Waals surface area (Å²) in [5, 5.41) is 27.2. The van der Waals surface area contributed by atoms with Crippen LogP contribution in [0.5, 0.6) is 11.5 Å². The van der Waals surface area contributed by atoms with Gasteiger partial charge in [0, 0.05) is 23.2 Å². The van der Waals surface area contributed by atoms with Crippen LogP contribution in [0.3, 0.4) is 0 Å². The summed E-state index contributed by atoms with van der Waals surface area (Å²) in [7, 11) is 3.14. The summed E-state index contributed by atoms with van der Waals surface area (Å²) >= 11 is 0. The molecule has 6 rings (SSSR count). The van der Waals surface area contributed by atoms with E-state index in [1.54, 1.807) is 21.1 Å². The molecule has 2 heterocycles. The van der Waals surface area contributed by atoms with E-state index >= 15 is 0 Å². The summed E-state index contributed by atoms with van der Waals surface area (Å²) in [6.45, 7) is 0.812. The fourth-order valence-corrected chi connectivity index (χ4v) is 6.79. The zero-order chi connectivity index (χ0) is 40.5. The van der Waals surface area contributed by atoms with Crippen molar-refractivity contribution < 1.29 is 38.5 Å². The summed E-state index contributed by atoms with van der Waals surface area (Å²) in [5.41, 5.74) is 8.74. The van der Waals surface area contributed by atoms with E-state index in [2.05, 4.69) is 15.0 Å². The normalized spacial score (nSPS) is 18.4. The van der Waals surface area contributed by atoms with Crippen LogP contribution in [0.2, 0.25) is 0 Å². The number of benzene rings is 4. The molecule has 1 fully saturated rings. The third kappa shape index (κ3) is 8.74. The zero-order valence-electron chi connectivity index (χ0n) is 31.2. The van der Waals surface area contributed by atoms with Crippen LogP contribution in [-0.4, -0.2) is 65.5 Å². The molecule has 1 aliphatic rings. The maximum absolute atomic E-state index is 13.1. The number of rotatable bonds is 17. The Morgan fingerprint density at radius 2 is 1.60 bits per heavy atom. The zero-order valence-corrected chi connectivity index (χ0v) is 31.2. The molecule has 2 N–H and O–H groups in total. The number of methoxy groups -OCH3 is 2. The lowest BCUT2D eigenvalue weighted by Gasteiger charge is -2.37. The van der Waals surface area contributed by atoms with E-state index in [4.69, 9.17) is 34.0 Å². The molecule has 0 radical (unpaired) electrons. The van der Waals surface area contributed by atoms with Gasteiger partial charge in [0.05, 0.1) is 44.0 Å². The van der Waals surface area contributed by atoms with Gasteiger partial charge in [0.1, 0.15) is 42.2 Å². The van der Waals surface area contributed by atoms with E-state index in [9.17, 15) is 24.8 Å². The second kappa shape index (κ2) is 18.1. The molecule has 296 valence electrons. The van der Waals surface area contributed by atoms with Gasteiger partial charge in [-0.1, -0.05) is 65.8 Å².